The molecule has 2 nitrogen and oxygen atoms in total. The molecule has 1 N–H and O–H groups in total. The van der Waals surface area contributed by atoms with Gasteiger partial charge in [-0.1, -0.05) is 6.92 Å². The molecule has 0 aliphatic heterocycles. The Morgan fingerprint density at radius 1 is 1.16 bits per heavy atom. The summed E-state index contributed by atoms with van der Waals surface area (Å²) in [6.45, 7) is 2.58. The molecule has 0 spiro atoms. The standard InChI is InChI=1S/C14H14F3NO/c1-2-4-18-14(9-3-5-19-8-9)10-6-12(16)13(17)7-11(10)15/h3,5-8,14,18H,2,4H2,1H3. The van der Waals surface area contributed by atoms with Gasteiger partial charge in [0.15, 0.2) is 11.6 Å². The zero-order valence-corrected chi connectivity index (χ0v) is 10.4. The van der Waals surface area contributed by atoms with Crippen LogP contribution >= 0.6 is 0 Å². The highest BCUT2D eigenvalue weighted by Crippen LogP contribution is 2.26. The lowest BCUT2D eigenvalue weighted by atomic mass is 10.00. The van der Waals surface area contributed by atoms with Crippen molar-refractivity contribution in [1.29, 1.82) is 0 Å². The number of furan rings is 1. The summed E-state index contributed by atoms with van der Waals surface area (Å²) in [5, 5.41) is 3.09. The molecule has 0 bridgehead atoms. The first-order chi connectivity index (χ1) is 9.13. The smallest absolute Gasteiger partial charge is 0.161 e. The van der Waals surface area contributed by atoms with Crippen LogP contribution in [0.15, 0.2) is 35.1 Å². The predicted octanol–water partition coefficient (Wildman–Crippen LogP) is 3.79. The number of rotatable bonds is 5. The molecule has 2 aromatic rings. The topological polar surface area (TPSA) is 25.2 Å². The Hall–Kier alpha value is -1.75. The van der Waals surface area contributed by atoms with Gasteiger partial charge < -0.3 is 9.73 Å². The fourth-order valence-electron chi connectivity index (χ4n) is 1.89. The fraction of sp³-hybridized carbons (Fsp3) is 0.286. The fourth-order valence-corrected chi connectivity index (χ4v) is 1.89. The number of hydrogen-bond donors (Lipinski definition) is 1. The van der Waals surface area contributed by atoms with Crippen LogP contribution in [0.5, 0.6) is 0 Å². The van der Waals surface area contributed by atoms with E-state index in [1.165, 1.54) is 12.5 Å². The third-order valence-corrected chi connectivity index (χ3v) is 2.83. The van der Waals surface area contributed by atoms with Gasteiger partial charge in [0.05, 0.1) is 18.6 Å². The van der Waals surface area contributed by atoms with E-state index in [0.29, 0.717) is 18.2 Å². The van der Waals surface area contributed by atoms with Crippen LogP contribution in [0.2, 0.25) is 0 Å². The van der Waals surface area contributed by atoms with Gasteiger partial charge in [0.1, 0.15) is 5.82 Å². The molecule has 0 fully saturated rings. The lowest BCUT2D eigenvalue weighted by Gasteiger charge is -2.18. The Balaban J connectivity index is 2.40. The molecule has 1 unspecified atom stereocenters. The van der Waals surface area contributed by atoms with Crippen LogP contribution in [0.3, 0.4) is 0 Å². The largest absolute Gasteiger partial charge is 0.472 e. The minimum absolute atomic E-state index is 0.0637. The summed E-state index contributed by atoms with van der Waals surface area (Å²) < 4.78 is 45.0. The monoisotopic (exact) mass is 269 g/mol. The van der Waals surface area contributed by atoms with Crippen molar-refractivity contribution in [3.8, 4) is 0 Å². The van der Waals surface area contributed by atoms with Gasteiger partial charge in [0, 0.05) is 17.2 Å². The van der Waals surface area contributed by atoms with E-state index in [2.05, 4.69) is 5.32 Å². The van der Waals surface area contributed by atoms with Crippen molar-refractivity contribution in [3.63, 3.8) is 0 Å². The molecule has 1 atom stereocenters. The summed E-state index contributed by atoms with van der Waals surface area (Å²) in [4.78, 5) is 0. The van der Waals surface area contributed by atoms with Gasteiger partial charge in [0.2, 0.25) is 0 Å². The summed E-state index contributed by atoms with van der Waals surface area (Å²) in [5.74, 6) is -3.04. The Labute approximate surface area is 109 Å². The molecule has 0 saturated heterocycles. The third kappa shape index (κ3) is 2.98. The summed E-state index contributed by atoms with van der Waals surface area (Å²) in [6.07, 6.45) is 3.74. The Bertz CT molecular complexity index is 540. The molecule has 0 radical (unpaired) electrons. The third-order valence-electron chi connectivity index (χ3n) is 2.83. The predicted molar refractivity (Wildman–Crippen MR) is 65.2 cm³/mol. The van der Waals surface area contributed by atoms with Crippen molar-refractivity contribution in [2.24, 2.45) is 0 Å². The zero-order chi connectivity index (χ0) is 13.8. The minimum Gasteiger partial charge on any atom is -0.472 e. The van der Waals surface area contributed by atoms with Crippen LogP contribution < -0.4 is 5.32 Å². The van der Waals surface area contributed by atoms with Crippen molar-refractivity contribution in [2.45, 2.75) is 19.4 Å². The van der Waals surface area contributed by atoms with Gasteiger partial charge in [-0.3, -0.25) is 0 Å². The van der Waals surface area contributed by atoms with E-state index in [4.69, 9.17) is 4.42 Å². The van der Waals surface area contributed by atoms with Crippen molar-refractivity contribution in [1.82, 2.24) is 5.32 Å². The van der Waals surface area contributed by atoms with Gasteiger partial charge in [-0.15, -0.1) is 0 Å². The second-order valence-corrected chi connectivity index (χ2v) is 4.23. The van der Waals surface area contributed by atoms with Crippen LogP contribution in [0.25, 0.3) is 0 Å². The van der Waals surface area contributed by atoms with Crippen molar-refractivity contribution < 1.29 is 17.6 Å². The van der Waals surface area contributed by atoms with E-state index < -0.39 is 23.5 Å². The molecule has 0 aliphatic carbocycles. The van der Waals surface area contributed by atoms with Crippen LogP contribution in [-0.4, -0.2) is 6.54 Å². The van der Waals surface area contributed by atoms with E-state index >= 15 is 0 Å². The van der Waals surface area contributed by atoms with E-state index in [1.54, 1.807) is 6.07 Å². The summed E-state index contributed by atoms with van der Waals surface area (Å²) >= 11 is 0. The lowest BCUT2D eigenvalue weighted by Crippen LogP contribution is -2.24. The molecular formula is C14H14F3NO. The van der Waals surface area contributed by atoms with Gasteiger partial charge in [-0.25, -0.2) is 13.2 Å². The van der Waals surface area contributed by atoms with Crippen LogP contribution in [0.1, 0.15) is 30.5 Å². The van der Waals surface area contributed by atoms with Crippen LogP contribution in [0.4, 0.5) is 13.2 Å². The van der Waals surface area contributed by atoms with E-state index in [1.807, 2.05) is 6.92 Å². The van der Waals surface area contributed by atoms with Gasteiger partial charge in [-0.05, 0) is 25.1 Å². The zero-order valence-electron chi connectivity index (χ0n) is 10.4. The lowest BCUT2D eigenvalue weighted by molar-refractivity contribution is 0.478. The highest BCUT2D eigenvalue weighted by atomic mass is 19.2. The Kier molecular flexibility index (Phi) is 4.27. The van der Waals surface area contributed by atoms with Gasteiger partial charge >= 0.3 is 0 Å². The first-order valence-electron chi connectivity index (χ1n) is 6.03. The minimum atomic E-state index is -1.19. The quantitative estimate of drug-likeness (QED) is 0.835. The van der Waals surface area contributed by atoms with Gasteiger partial charge in [-0.2, -0.15) is 0 Å². The molecule has 102 valence electrons. The van der Waals surface area contributed by atoms with E-state index in [-0.39, 0.29) is 5.56 Å². The molecule has 1 aromatic carbocycles. The SMILES string of the molecule is CCCNC(c1ccoc1)c1cc(F)c(F)cc1F. The molecular weight excluding hydrogens is 255 g/mol. The summed E-state index contributed by atoms with van der Waals surface area (Å²) in [6, 6.07) is 2.54. The normalized spacial score (nSPS) is 12.6. The molecule has 0 saturated carbocycles. The summed E-state index contributed by atoms with van der Waals surface area (Å²) in [5.41, 5.74) is 0.729. The average molecular weight is 269 g/mol. The van der Waals surface area contributed by atoms with Crippen LogP contribution in [-0.2, 0) is 0 Å². The maximum Gasteiger partial charge on any atom is 0.161 e. The first kappa shape index (κ1) is 13.7. The van der Waals surface area contributed by atoms with E-state index in [0.717, 1.165) is 12.5 Å². The molecule has 19 heavy (non-hydrogen) atoms. The summed E-state index contributed by atoms with van der Waals surface area (Å²) in [7, 11) is 0. The van der Waals surface area contributed by atoms with Crippen LogP contribution in [0, 0.1) is 17.5 Å². The molecule has 1 aromatic heterocycles. The molecule has 0 amide bonds. The molecule has 5 heteroatoms. The van der Waals surface area contributed by atoms with Crippen molar-refractivity contribution in [2.75, 3.05) is 6.54 Å². The molecule has 2 rings (SSSR count). The Morgan fingerprint density at radius 3 is 2.53 bits per heavy atom. The van der Waals surface area contributed by atoms with E-state index in [9.17, 15) is 13.2 Å². The second-order valence-electron chi connectivity index (χ2n) is 4.23. The highest BCUT2D eigenvalue weighted by Gasteiger charge is 2.20. The number of nitrogens with one attached hydrogen (secondary N) is 1. The average Bonchev–Trinajstić information content (AvgIpc) is 2.89. The first-order valence-corrected chi connectivity index (χ1v) is 6.03. The van der Waals surface area contributed by atoms with Gasteiger partial charge in [0.25, 0.3) is 0 Å². The maximum atomic E-state index is 13.8. The number of hydrogen-bond acceptors (Lipinski definition) is 2. The molecule has 0 aliphatic rings. The second kappa shape index (κ2) is 5.93. The number of benzene rings is 1. The maximum absolute atomic E-state index is 13.8. The number of halogens is 3. The molecule has 1 heterocycles. The van der Waals surface area contributed by atoms with Crippen molar-refractivity contribution >= 4 is 0 Å². The Morgan fingerprint density at radius 2 is 1.89 bits per heavy atom. The highest BCUT2D eigenvalue weighted by molar-refractivity contribution is 5.31. The van der Waals surface area contributed by atoms with Crippen molar-refractivity contribution in [3.05, 3.63) is 59.3 Å².